The van der Waals surface area contributed by atoms with Gasteiger partial charge >= 0.3 is 6.03 Å². The zero-order valence-electron chi connectivity index (χ0n) is 18.1. The van der Waals surface area contributed by atoms with Crippen LogP contribution in [0.4, 0.5) is 21.9 Å². The lowest BCUT2D eigenvalue weighted by molar-refractivity contribution is -0.384. The van der Waals surface area contributed by atoms with E-state index in [0.29, 0.717) is 17.9 Å². The van der Waals surface area contributed by atoms with Gasteiger partial charge in [-0.15, -0.1) is 0 Å². The van der Waals surface area contributed by atoms with E-state index in [2.05, 4.69) is 10.6 Å². The molecule has 170 valence electrons. The van der Waals surface area contributed by atoms with Gasteiger partial charge in [0, 0.05) is 35.5 Å². The van der Waals surface area contributed by atoms with Crippen molar-refractivity contribution in [1.82, 2.24) is 5.32 Å². The SMILES string of the molecule is O=C(Nc1ccc([N+](=O)[O-])cc1)NC1N=C(c2ccccc2)c2cccc3c2N(CCC3)C1=O. The normalized spacial score (nSPS) is 16.7. The Hall–Kier alpha value is -4.53. The number of para-hydroxylation sites is 1. The summed E-state index contributed by atoms with van der Waals surface area (Å²) in [5.41, 5.74) is 4.55. The fourth-order valence-electron chi connectivity index (χ4n) is 4.34. The Morgan fingerprint density at radius 2 is 1.79 bits per heavy atom. The number of amides is 3. The van der Waals surface area contributed by atoms with Crippen LogP contribution >= 0.6 is 0 Å². The third-order valence-electron chi connectivity index (χ3n) is 5.88. The van der Waals surface area contributed by atoms with E-state index >= 15 is 0 Å². The van der Waals surface area contributed by atoms with Crippen LogP contribution in [0.25, 0.3) is 0 Å². The Balaban J connectivity index is 1.48. The van der Waals surface area contributed by atoms with E-state index in [-0.39, 0.29) is 11.6 Å². The number of hydrogen-bond acceptors (Lipinski definition) is 5. The maximum absolute atomic E-state index is 13.5. The van der Waals surface area contributed by atoms with Crippen LogP contribution in [-0.2, 0) is 11.2 Å². The molecule has 3 aromatic rings. The van der Waals surface area contributed by atoms with Crippen LogP contribution in [-0.4, -0.2) is 35.3 Å². The Morgan fingerprint density at radius 3 is 2.53 bits per heavy atom. The molecule has 0 aliphatic carbocycles. The van der Waals surface area contributed by atoms with Gasteiger partial charge in [0.15, 0.2) is 0 Å². The number of aryl methyl sites for hydroxylation is 1. The number of nitrogens with one attached hydrogen (secondary N) is 2. The number of aliphatic imine (C=N–C) groups is 1. The maximum atomic E-state index is 13.5. The molecular formula is C25H21N5O4. The summed E-state index contributed by atoms with van der Waals surface area (Å²) >= 11 is 0. The van der Waals surface area contributed by atoms with Crippen LogP contribution in [0.15, 0.2) is 77.8 Å². The summed E-state index contributed by atoms with van der Waals surface area (Å²) in [5.74, 6) is -0.307. The number of nitro groups is 1. The van der Waals surface area contributed by atoms with Crippen molar-refractivity contribution in [2.45, 2.75) is 19.0 Å². The topological polar surface area (TPSA) is 117 Å². The highest BCUT2D eigenvalue weighted by Gasteiger charge is 2.35. The zero-order valence-corrected chi connectivity index (χ0v) is 18.1. The molecule has 0 saturated heterocycles. The number of hydrogen-bond donors (Lipinski definition) is 2. The molecule has 1 unspecified atom stereocenters. The molecule has 1 atom stereocenters. The van der Waals surface area contributed by atoms with Gasteiger partial charge in [0.05, 0.1) is 16.3 Å². The standard InChI is InChI=1S/C25H21N5O4/c31-24-23(28-25(32)26-18-11-13-19(14-12-18)30(33)34)27-21(16-6-2-1-3-7-16)20-10-4-8-17-9-5-15-29(24)22(17)20/h1-4,6-8,10-14,23H,5,9,15H2,(H2,26,28,32). The number of carbonyl (C=O) groups excluding carboxylic acids is 2. The number of rotatable bonds is 4. The summed E-state index contributed by atoms with van der Waals surface area (Å²) in [4.78, 5) is 43.0. The summed E-state index contributed by atoms with van der Waals surface area (Å²) in [7, 11) is 0. The molecule has 0 saturated carbocycles. The Morgan fingerprint density at radius 1 is 1.03 bits per heavy atom. The van der Waals surface area contributed by atoms with E-state index in [1.165, 1.54) is 24.3 Å². The minimum absolute atomic E-state index is 0.0827. The first-order valence-electron chi connectivity index (χ1n) is 10.9. The smallest absolute Gasteiger partial charge is 0.308 e. The molecule has 3 amide bonds. The van der Waals surface area contributed by atoms with Gasteiger partial charge in [0.25, 0.3) is 11.6 Å². The monoisotopic (exact) mass is 455 g/mol. The lowest BCUT2D eigenvalue weighted by Crippen LogP contribution is -2.49. The van der Waals surface area contributed by atoms with Crippen molar-refractivity contribution in [3.8, 4) is 0 Å². The van der Waals surface area contributed by atoms with E-state index in [4.69, 9.17) is 4.99 Å². The quantitative estimate of drug-likeness (QED) is 0.459. The summed E-state index contributed by atoms with van der Waals surface area (Å²) in [5, 5.41) is 16.1. The average molecular weight is 455 g/mol. The summed E-state index contributed by atoms with van der Waals surface area (Å²) < 4.78 is 0. The van der Waals surface area contributed by atoms with Crippen molar-refractivity contribution in [3.63, 3.8) is 0 Å². The van der Waals surface area contributed by atoms with Crippen LogP contribution in [0.1, 0.15) is 23.1 Å². The average Bonchev–Trinajstić information content (AvgIpc) is 2.97. The van der Waals surface area contributed by atoms with Gasteiger partial charge in [0.2, 0.25) is 6.17 Å². The minimum Gasteiger partial charge on any atom is -0.308 e. The molecule has 34 heavy (non-hydrogen) atoms. The molecule has 0 fully saturated rings. The molecule has 9 heteroatoms. The van der Waals surface area contributed by atoms with Crippen LogP contribution in [0.2, 0.25) is 0 Å². The second kappa shape index (κ2) is 8.78. The van der Waals surface area contributed by atoms with Crippen molar-refractivity contribution in [1.29, 1.82) is 0 Å². The second-order valence-electron chi connectivity index (χ2n) is 8.06. The highest BCUT2D eigenvalue weighted by molar-refractivity contribution is 6.21. The van der Waals surface area contributed by atoms with Gasteiger partial charge in [-0.1, -0.05) is 48.5 Å². The summed E-state index contributed by atoms with van der Waals surface area (Å²) in [6, 6.07) is 20.3. The largest absolute Gasteiger partial charge is 0.321 e. The van der Waals surface area contributed by atoms with Gasteiger partial charge in [-0.25, -0.2) is 9.79 Å². The van der Waals surface area contributed by atoms with E-state index in [1.54, 1.807) is 4.90 Å². The third-order valence-corrected chi connectivity index (χ3v) is 5.88. The van der Waals surface area contributed by atoms with Gasteiger partial charge in [-0.05, 0) is 30.5 Å². The molecule has 3 aromatic carbocycles. The predicted molar refractivity (Wildman–Crippen MR) is 128 cm³/mol. The number of nitrogens with zero attached hydrogens (tertiary/aromatic N) is 3. The predicted octanol–water partition coefficient (Wildman–Crippen LogP) is 3.87. The Bertz CT molecular complexity index is 1300. The summed E-state index contributed by atoms with van der Waals surface area (Å²) in [6.45, 7) is 0.544. The number of anilines is 2. The van der Waals surface area contributed by atoms with Gasteiger partial charge in [-0.2, -0.15) is 0 Å². The number of non-ortho nitro benzene ring substituents is 1. The second-order valence-corrected chi connectivity index (χ2v) is 8.06. The zero-order chi connectivity index (χ0) is 23.7. The Labute approximate surface area is 195 Å². The van der Waals surface area contributed by atoms with Crippen molar-refractivity contribution >= 4 is 34.7 Å². The number of carbonyl (C=O) groups is 2. The molecule has 5 rings (SSSR count). The summed E-state index contributed by atoms with van der Waals surface area (Å²) in [6.07, 6.45) is 0.560. The van der Waals surface area contributed by atoms with Crippen molar-refractivity contribution in [2.24, 2.45) is 4.99 Å². The molecule has 0 radical (unpaired) electrons. The van der Waals surface area contributed by atoms with Gasteiger partial charge in [0.1, 0.15) is 0 Å². The first-order valence-corrected chi connectivity index (χ1v) is 10.9. The molecule has 2 heterocycles. The molecule has 0 aromatic heterocycles. The number of urea groups is 1. The van der Waals surface area contributed by atoms with E-state index < -0.39 is 17.1 Å². The lowest BCUT2D eigenvalue weighted by atomic mass is 9.93. The van der Waals surface area contributed by atoms with Crippen molar-refractivity contribution in [3.05, 3.63) is 99.6 Å². The van der Waals surface area contributed by atoms with Crippen molar-refractivity contribution < 1.29 is 14.5 Å². The fraction of sp³-hybridized carbons (Fsp3) is 0.160. The molecule has 2 N–H and O–H groups in total. The third kappa shape index (κ3) is 3.99. The Kier molecular flexibility index (Phi) is 5.51. The molecule has 9 nitrogen and oxygen atoms in total. The number of nitro benzene ring substituents is 1. The van der Waals surface area contributed by atoms with Crippen LogP contribution in [0.3, 0.4) is 0 Å². The van der Waals surface area contributed by atoms with Crippen LogP contribution in [0, 0.1) is 10.1 Å². The highest BCUT2D eigenvalue weighted by atomic mass is 16.6. The molecule has 2 aliphatic rings. The van der Waals surface area contributed by atoms with Gasteiger partial charge < -0.3 is 15.5 Å². The van der Waals surface area contributed by atoms with Gasteiger partial charge in [-0.3, -0.25) is 14.9 Å². The molecule has 0 spiro atoms. The van der Waals surface area contributed by atoms with E-state index in [0.717, 1.165) is 35.2 Å². The van der Waals surface area contributed by atoms with E-state index in [9.17, 15) is 19.7 Å². The molecule has 2 aliphatic heterocycles. The highest BCUT2D eigenvalue weighted by Crippen LogP contribution is 2.35. The van der Waals surface area contributed by atoms with Crippen molar-refractivity contribution in [2.75, 3.05) is 16.8 Å². The lowest BCUT2D eigenvalue weighted by Gasteiger charge is -2.31. The minimum atomic E-state index is -1.13. The van der Waals surface area contributed by atoms with Crippen LogP contribution < -0.4 is 15.5 Å². The fourth-order valence-corrected chi connectivity index (χ4v) is 4.34. The first-order chi connectivity index (χ1) is 16.5. The van der Waals surface area contributed by atoms with E-state index in [1.807, 2.05) is 48.5 Å². The maximum Gasteiger partial charge on any atom is 0.321 e. The molecular weight excluding hydrogens is 434 g/mol. The van der Waals surface area contributed by atoms with Crippen LogP contribution in [0.5, 0.6) is 0 Å². The first kappa shape index (κ1) is 21.3. The molecule has 0 bridgehead atoms. The number of benzene rings is 3.